The van der Waals surface area contributed by atoms with Crippen LogP contribution in [-0.2, 0) is 4.79 Å². The van der Waals surface area contributed by atoms with Crippen molar-refractivity contribution in [2.45, 2.75) is 26.2 Å². The van der Waals surface area contributed by atoms with Gasteiger partial charge in [0, 0.05) is 6.54 Å². The van der Waals surface area contributed by atoms with Crippen molar-refractivity contribution >= 4 is 6.41 Å². The summed E-state index contributed by atoms with van der Waals surface area (Å²) in [7, 11) is 0. The molecule has 14 heavy (non-hydrogen) atoms. The molecule has 0 bridgehead atoms. The van der Waals surface area contributed by atoms with Gasteiger partial charge in [0.1, 0.15) is 0 Å². The zero-order chi connectivity index (χ0) is 10.5. The number of amides is 1. The minimum absolute atomic E-state index is 0.746. The summed E-state index contributed by atoms with van der Waals surface area (Å²) >= 11 is 0. The number of hydrogen-bond donors (Lipinski definition) is 3. The Labute approximate surface area is 86.8 Å². The molecule has 3 N–H and O–H groups in total. The lowest BCUT2D eigenvalue weighted by atomic mass is 10.3. The van der Waals surface area contributed by atoms with Crippen LogP contribution in [0.1, 0.15) is 26.2 Å². The normalized spacial score (nSPS) is 10.1. The van der Waals surface area contributed by atoms with Crippen molar-refractivity contribution in [3.8, 4) is 0 Å². The Hall–Kier alpha value is -0.610. The maximum absolute atomic E-state index is 9.90. The van der Waals surface area contributed by atoms with Gasteiger partial charge in [0.15, 0.2) is 0 Å². The summed E-state index contributed by atoms with van der Waals surface area (Å²) in [6, 6.07) is 0. The van der Waals surface area contributed by atoms with Crippen molar-refractivity contribution < 1.29 is 4.79 Å². The number of hydrogen-bond acceptors (Lipinski definition) is 3. The third-order valence-electron chi connectivity index (χ3n) is 1.97. The first-order valence-electron chi connectivity index (χ1n) is 5.50. The molecule has 0 aliphatic heterocycles. The topological polar surface area (TPSA) is 53.2 Å². The van der Waals surface area contributed by atoms with Crippen molar-refractivity contribution in [2.24, 2.45) is 0 Å². The van der Waals surface area contributed by atoms with Crippen molar-refractivity contribution in [3.05, 3.63) is 0 Å². The number of carbonyl (C=O) groups excluding carboxylic acids is 1. The molecule has 0 fully saturated rings. The lowest BCUT2D eigenvalue weighted by Crippen LogP contribution is -2.22. The minimum Gasteiger partial charge on any atom is -0.359 e. The van der Waals surface area contributed by atoms with Crippen LogP contribution < -0.4 is 16.0 Å². The Bertz CT molecular complexity index is 120. The van der Waals surface area contributed by atoms with Crippen LogP contribution in [0, 0.1) is 0 Å². The van der Waals surface area contributed by atoms with Gasteiger partial charge in [-0.1, -0.05) is 6.92 Å². The molecule has 0 saturated carbocycles. The minimum atomic E-state index is 0.746. The van der Waals surface area contributed by atoms with Crippen LogP contribution in [0.15, 0.2) is 0 Å². The fourth-order valence-corrected chi connectivity index (χ4v) is 1.18. The number of carbonyl (C=O) groups is 1. The van der Waals surface area contributed by atoms with Gasteiger partial charge in [-0.3, -0.25) is 4.79 Å². The summed E-state index contributed by atoms with van der Waals surface area (Å²) in [5, 5.41) is 9.26. The Kier molecular flexibility index (Phi) is 11.9. The van der Waals surface area contributed by atoms with Crippen LogP contribution in [-0.4, -0.2) is 39.1 Å². The van der Waals surface area contributed by atoms with E-state index in [1.54, 1.807) is 0 Å². The van der Waals surface area contributed by atoms with Crippen molar-refractivity contribution in [1.29, 1.82) is 0 Å². The second-order valence-corrected chi connectivity index (χ2v) is 3.24. The fourth-order valence-electron chi connectivity index (χ4n) is 1.18. The van der Waals surface area contributed by atoms with E-state index in [1.165, 1.54) is 12.8 Å². The molecule has 84 valence electrons. The molecule has 4 nitrogen and oxygen atoms in total. The molecule has 0 aromatic carbocycles. The quantitative estimate of drug-likeness (QED) is 0.328. The first-order chi connectivity index (χ1) is 6.91. The highest BCUT2D eigenvalue weighted by molar-refractivity contribution is 5.45. The van der Waals surface area contributed by atoms with Crippen LogP contribution in [0.3, 0.4) is 0 Å². The first-order valence-corrected chi connectivity index (χ1v) is 5.50. The van der Waals surface area contributed by atoms with Gasteiger partial charge >= 0.3 is 0 Å². The van der Waals surface area contributed by atoms with Gasteiger partial charge < -0.3 is 16.0 Å². The highest BCUT2D eigenvalue weighted by Crippen LogP contribution is 1.84. The first kappa shape index (κ1) is 13.4. The maximum Gasteiger partial charge on any atom is 0.207 e. The molecule has 0 aliphatic carbocycles. The van der Waals surface area contributed by atoms with Gasteiger partial charge in [-0.15, -0.1) is 0 Å². The van der Waals surface area contributed by atoms with Crippen LogP contribution >= 0.6 is 0 Å². The standard InChI is InChI=1S/C10H23N3O/c1-2-11-6-3-4-7-12-8-5-9-13-10-14/h10-12H,2-9H2,1H3,(H,13,14). The summed E-state index contributed by atoms with van der Waals surface area (Å²) in [5.41, 5.74) is 0. The summed E-state index contributed by atoms with van der Waals surface area (Å²) in [4.78, 5) is 9.90. The third kappa shape index (κ3) is 11.4. The molecular weight excluding hydrogens is 178 g/mol. The van der Waals surface area contributed by atoms with Gasteiger partial charge in [0.25, 0.3) is 0 Å². The molecule has 4 heteroatoms. The molecule has 0 aliphatic rings. The molecule has 0 unspecified atom stereocenters. The Morgan fingerprint density at radius 2 is 1.57 bits per heavy atom. The van der Waals surface area contributed by atoms with E-state index in [0.29, 0.717) is 0 Å². The van der Waals surface area contributed by atoms with Gasteiger partial charge in [-0.2, -0.15) is 0 Å². The van der Waals surface area contributed by atoms with E-state index in [4.69, 9.17) is 0 Å². The van der Waals surface area contributed by atoms with E-state index in [1.807, 2.05) is 0 Å². The molecule has 0 aromatic heterocycles. The summed E-state index contributed by atoms with van der Waals surface area (Å²) in [5.74, 6) is 0. The monoisotopic (exact) mass is 201 g/mol. The molecular formula is C10H23N3O. The molecule has 0 rings (SSSR count). The smallest absolute Gasteiger partial charge is 0.207 e. The second-order valence-electron chi connectivity index (χ2n) is 3.24. The third-order valence-corrected chi connectivity index (χ3v) is 1.97. The van der Waals surface area contributed by atoms with Gasteiger partial charge in [-0.05, 0) is 45.4 Å². The molecule has 0 heterocycles. The Morgan fingerprint density at radius 3 is 2.21 bits per heavy atom. The molecule has 0 aromatic rings. The van der Waals surface area contributed by atoms with Gasteiger partial charge in [0.2, 0.25) is 6.41 Å². The fraction of sp³-hybridized carbons (Fsp3) is 0.900. The predicted octanol–water partition coefficient (Wildman–Crippen LogP) is 0.102. The molecule has 1 amide bonds. The summed E-state index contributed by atoms with van der Waals surface area (Å²) in [6.07, 6.45) is 4.20. The van der Waals surface area contributed by atoms with Crippen LogP contribution in [0.4, 0.5) is 0 Å². The summed E-state index contributed by atoms with van der Waals surface area (Å²) < 4.78 is 0. The highest BCUT2D eigenvalue weighted by atomic mass is 16.1. The van der Waals surface area contributed by atoms with Crippen LogP contribution in [0.5, 0.6) is 0 Å². The lowest BCUT2D eigenvalue weighted by molar-refractivity contribution is -0.109. The lowest BCUT2D eigenvalue weighted by Gasteiger charge is -2.04. The van der Waals surface area contributed by atoms with E-state index in [0.717, 1.165) is 45.6 Å². The largest absolute Gasteiger partial charge is 0.359 e. The Morgan fingerprint density at radius 1 is 0.929 bits per heavy atom. The number of nitrogens with one attached hydrogen (secondary N) is 3. The van der Waals surface area contributed by atoms with E-state index < -0.39 is 0 Å². The average Bonchev–Trinajstić information content (AvgIpc) is 2.21. The van der Waals surface area contributed by atoms with Gasteiger partial charge in [0.05, 0.1) is 0 Å². The number of rotatable bonds is 11. The SMILES string of the molecule is CCNCCCCNCCCNC=O. The van der Waals surface area contributed by atoms with Crippen LogP contribution in [0.2, 0.25) is 0 Å². The van der Waals surface area contributed by atoms with Crippen molar-refractivity contribution in [3.63, 3.8) is 0 Å². The maximum atomic E-state index is 9.90. The second kappa shape index (κ2) is 12.4. The zero-order valence-electron chi connectivity index (χ0n) is 9.14. The molecule has 0 radical (unpaired) electrons. The van der Waals surface area contributed by atoms with E-state index >= 15 is 0 Å². The van der Waals surface area contributed by atoms with Crippen molar-refractivity contribution in [2.75, 3.05) is 32.7 Å². The van der Waals surface area contributed by atoms with E-state index in [2.05, 4.69) is 22.9 Å². The van der Waals surface area contributed by atoms with E-state index in [9.17, 15) is 4.79 Å². The predicted molar refractivity (Wildman–Crippen MR) is 59.3 cm³/mol. The molecule has 0 atom stereocenters. The van der Waals surface area contributed by atoms with E-state index in [-0.39, 0.29) is 0 Å². The van der Waals surface area contributed by atoms with Crippen molar-refractivity contribution in [1.82, 2.24) is 16.0 Å². The highest BCUT2D eigenvalue weighted by Gasteiger charge is 1.89. The zero-order valence-corrected chi connectivity index (χ0v) is 9.14. The van der Waals surface area contributed by atoms with Crippen LogP contribution in [0.25, 0.3) is 0 Å². The molecule has 0 saturated heterocycles. The average molecular weight is 201 g/mol. The number of unbranched alkanes of at least 4 members (excludes halogenated alkanes) is 1. The Balaban J connectivity index is 2.81. The van der Waals surface area contributed by atoms with Gasteiger partial charge in [-0.25, -0.2) is 0 Å². The summed E-state index contributed by atoms with van der Waals surface area (Å²) in [6.45, 7) is 7.14. The molecule has 0 spiro atoms.